The largest absolute Gasteiger partial charge is 0.490 e. The summed E-state index contributed by atoms with van der Waals surface area (Å²) in [5.41, 5.74) is 3.38. The molecule has 37 heavy (non-hydrogen) atoms. The first-order chi connectivity index (χ1) is 18.0. The number of thiophene rings is 1. The third-order valence-electron chi connectivity index (χ3n) is 6.03. The average Bonchev–Trinajstić information content (AvgIpc) is 3.53. The fourth-order valence-corrected chi connectivity index (χ4v) is 5.65. The molecule has 9 heteroatoms. The average molecular weight is 520 g/mol. The van der Waals surface area contributed by atoms with Crippen molar-refractivity contribution in [3.63, 3.8) is 0 Å². The molecule has 192 valence electrons. The van der Waals surface area contributed by atoms with E-state index in [9.17, 15) is 4.79 Å². The predicted octanol–water partition coefficient (Wildman–Crippen LogP) is 5.76. The van der Waals surface area contributed by atoms with E-state index in [2.05, 4.69) is 4.98 Å². The van der Waals surface area contributed by atoms with E-state index in [1.165, 1.54) is 11.3 Å². The molecule has 4 aromatic heterocycles. The number of hydrogen-bond donors (Lipinski definition) is 0. The van der Waals surface area contributed by atoms with Crippen LogP contribution in [0.4, 0.5) is 0 Å². The van der Waals surface area contributed by atoms with E-state index >= 15 is 0 Å². The van der Waals surface area contributed by atoms with Gasteiger partial charge in [-0.1, -0.05) is 6.07 Å². The zero-order valence-electron chi connectivity index (χ0n) is 21.4. The van der Waals surface area contributed by atoms with Crippen molar-refractivity contribution in [1.29, 1.82) is 0 Å². The van der Waals surface area contributed by atoms with Gasteiger partial charge in [-0.05, 0) is 68.7 Å². The van der Waals surface area contributed by atoms with Gasteiger partial charge < -0.3 is 18.6 Å². The van der Waals surface area contributed by atoms with Crippen LogP contribution in [0.15, 0.2) is 51.9 Å². The second-order valence-electron chi connectivity index (χ2n) is 8.58. The highest BCUT2D eigenvalue weighted by Gasteiger charge is 2.21. The van der Waals surface area contributed by atoms with Gasteiger partial charge in [0.1, 0.15) is 9.53 Å². The number of hydrogen-bond acceptors (Lipinski definition) is 8. The van der Waals surface area contributed by atoms with Crippen LogP contribution in [0.2, 0.25) is 0 Å². The van der Waals surface area contributed by atoms with Gasteiger partial charge in [-0.15, -0.1) is 11.3 Å². The maximum absolute atomic E-state index is 13.9. The molecule has 0 aliphatic rings. The molecule has 0 aliphatic carbocycles. The van der Waals surface area contributed by atoms with Crippen LogP contribution in [-0.2, 0) is 24.3 Å². The van der Waals surface area contributed by atoms with Gasteiger partial charge in [0, 0.05) is 24.7 Å². The summed E-state index contributed by atoms with van der Waals surface area (Å²) in [7, 11) is 1.66. The molecule has 4 heterocycles. The third-order valence-corrected chi connectivity index (χ3v) is 7.09. The Bertz CT molecular complexity index is 1600. The number of rotatable bonds is 10. The van der Waals surface area contributed by atoms with E-state index in [-0.39, 0.29) is 5.56 Å². The first-order valence-corrected chi connectivity index (χ1v) is 13.1. The zero-order chi connectivity index (χ0) is 25.9. The molecule has 0 fully saturated rings. The maximum atomic E-state index is 13.9. The molecule has 1 aromatic carbocycles. The van der Waals surface area contributed by atoms with Crippen molar-refractivity contribution >= 4 is 31.8 Å². The van der Waals surface area contributed by atoms with Gasteiger partial charge in [-0.3, -0.25) is 9.36 Å². The minimum Gasteiger partial charge on any atom is -0.490 e. The number of pyridine rings is 1. The molecular formula is C28H29N3O5S. The van der Waals surface area contributed by atoms with Gasteiger partial charge in [0.2, 0.25) is 0 Å². The molecule has 0 N–H and O–H groups in total. The molecule has 0 saturated carbocycles. The van der Waals surface area contributed by atoms with Crippen LogP contribution >= 0.6 is 11.3 Å². The number of ether oxygens (including phenoxy) is 3. The lowest BCUT2D eigenvalue weighted by molar-refractivity contribution is 0.186. The van der Waals surface area contributed by atoms with Crippen LogP contribution in [0.1, 0.15) is 30.7 Å². The zero-order valence-corrected chi connectivity index (χ0v) is 22.2. The number of fused-ring (bicyclic) bond motifs is 3. The van der Waals surface area contributed by atoms with E-state index in [1.54, 1.807) is 24.0 Å². The topological polar surface area (TPSA) is 88.6 Å². The summed E-state index contributed by atoms with van der Waals surface area (Å²) < 4.78 is 24.9. The summed E-state index contributed by atoms with van der Waals surface area (Å²) in [5.74, 6) is 2.44. The summed E-state index contributed by atoms with van der Waals surface area (Å²) in [6, 6.07) is 11.5. The lowest BCUT2D eigenvalue weighted by atomic mass is 10.1. The molecule has 8 nitrogen and oxygen atoms in total. The lowest BCUT2D eigenvalue weighted by Gasteiger charge is -2.14. The Labute approximate surface area is 218 Å². The van der Waals surface area contributed by atoms with E-state index in [0.717, 1.165) is 27.0 Å². The highest BCUT2D eigenvalue weighted by Crippen LogP contribution is 2.34. The molecule has 5 rings (SSSR count). The van der Waals surface area contributed by atoms with E-state index < -0.39 is 0 Å². The van der Waals surface area contributed by atoms with Crippen molar-refractivity contribution in [3.05, 3.63) is 69.8 Å². The fraction of sp³-hybridized carbons (Fsp3) is 0.321. The predicted molar refractivity (Wildman–Crippen MR) is 145 cm³/mol. The van der Waals surface area contributed by atoms with Gasteiger partial charge >= 0.3 is 0 Å². The molecule has 0 radical (unpaired) electrons. The fourth-order valence-electron chi connectivity index (χ4n) is 4.50. The molecule has 0 saturated heterocycles. The Balaban J connectivity index is 1.62. The van der Waals surface area contributed by atoms with E-state index in [0.29, 0.717) is 66.1 Å². The number of aryl methyl sites for hydroxylation is 2. The number of aromatic nitrogens is 3. The summed E-state index contributed by atoms with van der Waals surface area (Å²) in [5, 5.41) is 0.859. The quantitative estimate of drug-likeness (QED) is 0.232. The van der Waals surface area contributed by atoms with Crippen molar-refractivity contribution < 1.29 is 18.6 Å². The van der Waals surface area contributed by atoms with Crippen LogP contribution < -0.4 is 15.0 Å². The van der Waals surface area contributed by atoms with Crippen LogP contribution in [0.25, 0.3) is 32.0 Å². The lowest BCUT2D eigenvalue weighted by Crippen LogP contribution is -2.23. The van der Waals surface area contributed by atoms with Gasteiger partial charge in [0.15, 0.2) is 23.1 Å². The molecular weight excluding hydrogens is 490 g/mol. The van der Waals surface area contributed by atoms with Gasteiger partial charge in [0.05, 0.1) is 31.6 Å². The Hall–Kier alpha value is -3.69. The molecule has 0 spiro atoms. The number of methoxy groups -OCH3 is 1. The van der Waals surface area contributed by atoms with Crippen molar-refractivity contribution in [3.8, 4) is 23.1 Å². The summed E-state index contributed by atoms with van der Waals surface area (Å²) in [6.07, 6.45) is 2.19. The van der Waals surface area contributed by atoms with Gasteiger partial charge in [-0.2, -0.15) is 0 Å². The van der Waals surface area contributed by atoms with Crippen molar-refractivity contribution in [1.82, 2.24) is 14.5 Å². The maximum Gasteiger partial charge on any atom is 0.271 e. The van der Waals surface area contributed by atoms with Gasteiger partial charge in [0.25, 0.3) is 5.56 Å². The second kappa shape index (κ2) is 10.7. The Kier molecular flexibility index (Phi) is 7.25. The Morgan fingerprint density at radius 3 is 2.59 bits per heavy atom. The highest BCUT2D eigenvalue weighted by molar-refractivity contribution is 7.25. The van der Waals surface area contributed by atoms with Crippen LogP contribution in [-0.4, -0.2) is 34.9 Å². The normalized spacial score (nSPS) is 11.5. The molecule has 0 aliphatic heterocycles. The molecule has 0 bridgehead atoms. The minimum atomic E-state index is -0.114. The second-order valence-corrected chi connectivity index (χ2v) is 9.58. The van der Waals surface area contributed by atoms with Crippen LogP contribution in [0, 0.1) is 6.92 Å². The molecule has 0 unspecified atom stereocenters. The molecule has 5 aromatic rings. The van der Waals surface area contributed by atoms with Crippen molar-refractivity contribution in [2.75, 3.05) is 20.3 Å². The SMILES string of the molecule is CCOc1ccc(CCn2c(-c3ccco3)nc3c(sc4nc(C)cc(COC)c43)c2=O)cc1OCC. The summed E-state index contributed by atoms with van der Waals surface area (Å²) >= 11 is 1.37. The van der Waals surface area contributed by atoms with E-state index in [4.69, 9.17) is 23.6 Å². The van der Waals surface area contributed by atoms with Crippen molar-refractivity contribution in [2.45, 2.75) is 40.3 Å². The number of furan rings is 1. The Morgan fingerprint density at radius 1 is 1.05 bits per heavy atom. The first-order valence-electron chi connectivity index (χ1n) is 12.3. The molecule has 0 atom stereocenters. The van der Waals surface area contributed by atoms with Gasteiger partial charge in [-0.25, -0.2) is 9.97 Å². The van der Waals surface area contributed by atoms with Crippen LogP contribution in [0.3, 0.4) is 0 Å². The van der Waals surface area contributed by atoms with E-state index in [1.807, 2.05) is 51.1 Å². The van der Waals surface area contributed by atoms with Crippen molar-refractivity contribution in [2.24, 2.45) is 0 Å². The highest BCUT2D eigenvalue weighted by atomic mass is 32.1. The standard InChI is InChI=1S/C28H29N3O5S/c1-5-34-20-10-9-18(15-22(20)35-6-2)11-12-31-26(21-8-7-13-36-21)30-24-23-19(16-33-4)14-17(3)29-27(23)37-25(24)28(31)32/h7-10,13-15H,5-6,11-12,16H2,1-4H3. The molecule has 0 amide bonds. The Morgan fingerprint density at radius 2 is 1.86 bits per heavy atom. The van der Waals surface area contributed by atoms with Crippen LogP contribution in [0.5, 0.6) is 11.5 Å². The number of nitrogens with zero attached hydrogens (tertiary/aromatic N) is 3. The monoisotopic (exact) mass is 519 g/mol. The number of benzene rings is 1. The minimum absolute atomic E-state index is 0.114. The summed E-state index contributed by atoms with van der Waals surface area (Å²) in [6.45, 7) is 7.75. The smallest absolute Gasteiger partial charge is 0.271 e. The summed E-state index contributed by atoms with van der Waals surface area (Å²) in [4.78, 5) is 24.3. The third kappa shape index (κ3) is 4.84. The first kappa shape index (κ1) is 25.0.